The van der Waals surface area contributed by atoms with Crippen LogP contribution in [0.1, 0.15) is 33.6 Å². The molecular weight excluding hydrogens is 380 g/mol. The van der Waals surface area contributed by atoms with E-state index in [9.17, 15) is 19.5 Å². The van der Waals surface area contributed by atoms with Gasteiger partial charge in [-0.25, -0.2) is 0 Å². The number of primary amides is 1. The van der Waals surface area contributed by atoms with Crippen molar-refractivity contribution in [2.45, 2.75) is 31.5 Å². The van der Waals surface area contributed by atoms with Gasteiger partial charge in [0.1, 0.15) is 5.00 Å². The summed E-state index contributed by atoms with van der Waals surface area (Å²) in [5.41, 5.74) is 6.79. The number of hydrogen-bond donors (Lipinski definition) is 3. The third-order valence-electron chi connectivity index (χ3n) is 5.37. The summed E-state index contributed by atoms with van der Waals surface area (Å²) < 4.78 is 5.65. The zero-order valence-corrected chi connectivity index (χ0v) is 15.8. The fourth-order valence-corrected chi connectivity index (χ4v) is 5.22. The van der Waals surface area contributed by atoms with Crippen LogP contribution >= 0.6 is 11.3 Å². The van der Waals surface area contributed by atoms with Crippen LogP contribution in [0.4, 0.5) is 5.00 Å². The van der Waals surface area contributed by atoms with Crippen LogP contribution in [0.5, 0.6) is 0 Å². The molecule has 2 aromatic rings. The van der Waals surface area contributed by atoms with Crippen LogP contribution in [0.3, 0.4) is 0 Å². The van der Waals surface area contributed by atoms with Gasteiger partial charge in [0.15, 0.2) is 0 Å². The Bertz CT molecular complexity index is 926. The van der Waals surface area contributed by atoms with Gasteiger partial charge < -0.3 is 20.9 Å². The first kappa shape index (κ1) is 18.6. The Labute approximate surface area is 165 Å². The highest BCUT2D eigenvalue weighted by Gasteiger charge is 2.55. The smallest absolute Gasteiger partial charge is 0.310 e. The summed E-state index contributed by atoms with van der Waals surface area (Å²) in [6.07, 6.45) is 1.10. The van der Waals surface area contributed by atoms with Gasteiger partial charge in [0.25, 0.3) is 5.91 Å². The first-order chi connectivity index (χ1) is 13.4. The standard InChI is InChI=1S/C20H20N2O5S/c21-17(23)12-9-11(8-10-4-2-1-3-5-10)28-19(12)22-18(24)15-13-6-7-14(27-13)16(15)20(25)26/h1-5,9,13-16H,6-8H2,(H2,21,23)(H,22,24)(H,25,26)/t13-,14+,15+,16+/m1/s1. The minimum absolute atomic E-state index is 0.236. The molecule has 28 heavy (non-hydrogen) atoms. The number of hydrogen-bond acceptors (Lipinski definition) is 5. The van der Waals surface area contributed by atoms with Gasteiger partial charge in [0.2, 0.25) is 5.91 Å². The predicted octanol–water partition coefficient (Wildman–Crippen LogP) is 2.25. The van der Waals surface area contributed by atoms with Crippen LogP contribution in [0.2, 0.25) is 0 Å². The number of ether oxygens (including phenoxy) is 1. The van der Waals surface area contributed by atoms with Gasteiger partial charge in [0.05, 0.1) is 29.6 Å². The molecule has 4 N–H and O–H groups in total. The average Bonchev–Trinajstić information content (AvgIpc) is 3.36. The summed E-state index contributed by atoms with van der Waals surface area (Å²) in [4.78, 5) is 37.2. The van der Waals surface area contributed by atoms with E-state index < -0.39 is 41.8 Å². The number of carboxylic acid groups (broad SMARTS) is 1. The number of carbonyl (C=O) groups is 3. The van der Waals surface area contributed by atoms with Gasteiger partial charge in [-0.15, -0.1) is 11.3 Å². The number of benzene rings is 1. The minimum atomic E-state index is -1.03. The van der Waals surface area contributed by atoms with E-state index in [1.165, 1.54) is 11.3 Å². The van der Waals surface area contributed by atoms with E-state index in [0.717, 1.165) is 10.4 Å². The topological polar surface area (TPSA) is 119 Å². The van der Waals surface area contributed by atoms with Crippen molar-refractivity contribution >= 4 is 34.1 Å². The van der Waals surface area contributed by atoms with Gasteiger partial charge in [-0.1, -0.05) is 30.3 Å². The van der Waals surface area contributed by atoms with Crippen molar-refractivity contribution in [2.24, 2.45) is 17.6 Å². The monoisotopic (exact) mass is 400 g/mol. The van der Waals surface area contributed by atoms with Crippen molar-refractivity contribution in [3.05, 3.63) is 52.4 Å². The Balaban J connectivity index is 1.56. The molecule has 2 bridgehead atoms. The fraction of sp³-hybridized carbons (Fsp3) is 0.350. The summed E-state index contributed by atoms with van der Waals surface area (Å²) >= 11 is 1.28. The number of nitrogens with two attached hydrogens (primary N) is 1. The molecule has 3 heterocycles. The number of nitrogens with one attached hydrogen (secondary N) is 1. The second kappa shape index (κ2) is 7.37. The van der Waals surface area contributed by atoms with Crippen molar-refractivity contribution < 1.29 is 24.2 Å². The van der Waals surface area contributed by atoms with E-state index in [-0.39, 0.29) is 5.56 Å². The summed E-state index contributed by atoms with van der Waals surface area (Å²) in [7, 11) is 0. The van der Waals surface area contributed by atoms with E-state index in [0.29, 0.717) is 24.3 Å². The molecule has 1 aromatic carbocycles. The van der Waals surface area contributed by atoms with Gasteiger partial charge in [-0.3, -0.25) is 14.4 Å². The van der Waals surface area contributed by atoms with Crippen LogP contribution < -0.4 is 11.1 Å². The SMILES string of the molecule is NC(=O)c1cc(Cc2ccccc2)sc1NC(=O)[C@@H]1[C@@H](C(=O)O)[C@@H]2CC[C@H]1O2. The molecule has 2 amide bonds. The zero-order chi connectivity index (χ0) is 19.8. The highest BCUT2D eigenvalue weighted by atomic mass is 32.1. The number of anilines is 1. The maximum absolute atomic E-state index is 12.9. The van der Waals surface area contributed by atoms with Crippen LogP contribution in [-0.2, 0) is 20.7 Å². The van der Waals surface area contributed by atoms with Gasteiger partial charge in [-0.2, -0.15) is 0 Å². The van der Waals surface area contributed by atoms with Crippen molar-refractivity contribution in [1.82, 2.24) is 0 Å². The molecule has 2 fully saturated rings. The molecule has 2 saturated heterocycles. The second-order valence-corrected chi connectivity index (χ2v) is 8.29. The summed E-state index contributed by atoms with van der Waals surface area (Å²) in [5, 5.41) is 12.6. The number of fused-ring (bicyclic) bond motifs is 2. The van der Waals surface area contributed by atoms with E-state index in [2.05, 4.69) is 5.32 Å². The van der Waals surface area contributed by atoms with E-state index in [1.54, 1.807) is 6.07 Å². The Kier molecular flexibility index (Phi) is 4.91. The molecule has 0 saturated carbocycles. The lowest BCUT2D eigenvalue weighted by molar-refractivity contribution is -0.147. The Morgan fingerprint density at radius 3 is 2.46 bits per heavy atom. The molecule has 2 aliphatic rings. The number of amides is 2. The highest BCUT2D eigenvalue weighted by molar-refractivity contribution is 7.16. The lowest BCUT2D eigenvalue weighted by Gasteiger charge is -2.23. The number of aliphatic carboxylic acids is 1. The molecule has 4 rings (SSSR count). The fourth-order valence-electron chi connectivity index (χ4n) is 4.12. The van der Waals surface area contributed by atoms with Crippen molar-refractivity contribution in [1.29, 1.82) is 0 Å². The number of rotatable bonds is 6. The predicted molar refractivity (Wildman–Crippen MR) is 103 cm³/mol. The summed E-state index contributed by atoms with van der Waals surface area (Å²) in [6, 6.07) is 11.4. The first-order valence-electron chi connectivity index (χ1n) is 9.09. The normalized spacial score (nSPS) is 25.6. The van der Waals surface area contributed by atoms with Crippen molar-refractivity contribution in [3.63, 3.8) is 0 Å². The molecule has 0 aliphatic carbocycles. The minimum Gasteiger partial charge on any atom is -0.481 e. The van der Waals surface area contributed by atoms with E-state index in [4.69, 9.17) is 10.5 Å². The number of carboxylic acids is 1. The largest absolute Gasteiger partial charge is 0.481 e. The number of thiophene rings is 1. The number of carbonyl (C=O) groups excluding carboxylic acids is 2. The molecule has 146 valence electrons. The average molecular weight is 400 g/mol. The molecule has 0 spiro atoms. The van der Waals surface area contributed by atoms with Crippen molar-refractivity contribution in [2.75, 3.05) is 5.32 Å². The maximum atomic E-state index is 12.9. The summed E-state index contributed by atoms with van der Waals surface area (Å²) in [5.74, 6) is -3.73. The molecule has 1 aromatic heterocycles. The molecule has 0 radical (unpaired) electrons. The highest BCUT2D eigenvalue weighted by Crippen LogP contribution is 2.44. The quantitative estimate of drug-likeness (QED) is 0.687. The molecule has 2 aliphatic heterocycles. The lowest BCUT2D eigenvalue weighted by Crippen LogP contribution is -2.41. The van der Waals surface area contributed by atoms with Gasteiger partial charge in [0, 0.05) is 11.3 Å². The van der Waals surface area contributed by atoms with Crippen molar-refractivity contribution in [3.8, 4) is 0 Å². The Morgan fingerprint density at radius 2 is 1.82 bits per heavy atom. The lowest BCUT2D eigenvalue weighted by atomic mass is 9.79. The van der Waals surface area contributed by atoms with Crippen LogP contribution in [0.15, 0.2) is 36.4 Å². The third-order valence-corrected chi connectivity index (χ3v) is 6.42. The first-order valence-corrected chi connectivity index (χ1v) is 9.91. The van der Waals surface area contributed by atoms with E-state index in [1.807, 2.05) is 30.3 Å². The third kappa shape index (κ3) is 3.41. The maximum Gasteiger partial charge on any atom is 0.310 e. The van der Waals surface area contributed by atoms with Crippen LogP contribution in [0, 0.1) is 11.8 Å². The summed E-state index contributed by atoms with van der Waals surface area (Å²) in [6.45, 7) is 0. The molecular formula is C20H20N2O5S. The second-order valence-electron chi connectivity index (χ2n) is 7.15. The molecule has 4 atom stereocenters. The van der Waals surface area contributed by atoms with E-state index >= 15 is 0 Å². The molecule has 7 nitrogen and oxygen atoms in total. The molecule has 8 heteroatoms. The van der Waals surface area contributed by atoms with Gasteiger partial charge in [-0.05, 0) is 24.5 Å². The molecule has 0 unspecified atom stereocenters. The zero-order valence-electron chi connectivity index (χ0n) is 15.0. The van der Waals surface area contributed by atoms with Gasteiger partial charge >= 0.3 is 5.97 Å². The Morgan fingerprint density at radius 1 is 1.14 bits per heavy atom. The van der Waals surface area contributed by atoms with Crippen LogP contribution in [-0.4, -0.2) is 35.1 Å². The Hall–Kier alpha value is -2.71. The van der Waals surface area contributed by atoms with Crippen LogP contribution in [0.25, 0.3) is 0 Å².